The lowest BCUT2D eigenvalue weighted by Crippen LogP contribution is -2.14. The van der Waals surface area contributed by atoms with Crippen LogP contribution in [0.1, 0.15) is 21.6 Å². The minimum absolute atomic E-state index is 0.198. The molecule has 0 aliphatic rings. The molecule has 0 aliphatic carbocycles. The van der Waals surface area contributed by atoms with Crippen LogP contribution < -0.4 is 10.2 Å². The minimum Gasteiger partial charge on any atom is -0.377 e. The molecular weight excluding hydrogens is 286 g/mol. The van der Waals surface area contributed by atoms with Crippen molar-refractivity contribution in [2.45, 2.75) is 13.8 Å². The first-order valence-corrected chi connectivity index (χ1v) is 6.98. The summed E-state index contributed by atoms with van der Waals surface area (Å²) in [6, 6.07) is 9.09. The SMILES string of the molecule is Cc1cc(C(=O)Nc2ccc(C)c(N(C)C)c2)cc(Cl)n1. The Labute approximate surface area is 129 Å². The first kappa shape index (κ1) is 15.3. The molecule has 1 amide bonds. The van der Waals surface area contributed by atoms with E-state index in [-0.39, 0.29) is 5.91 Å². The van der Waals surface area contributed by atoms with E-state index in [1.54, 1.807) is 19.1 Å². The summed E-state index contributed by atoms with van der Waals surface area (Å²) in [6.45, 7) is 3.84. The lowest BCUT2D eigenvalue weighted by atomic mass is 10.1. The highest BCUT2D eigenvalue weighted by atomic mass is 35.5. The number of halogens is 1. The molecule has 4 nitrogen and oxygen atoms in total. The average Bonchev–Trinajstić information content (AvgIpc) is 2.39. The van der Waals surface area contributed by atoms with Crippen LogP contribution in [0.3, 0.4) is 0 Å². The van der Waals surface area contributed by atoms with E-state index in [2.05, 4.69) is 10.3 Å². The van der Waals surface area contributed by atoms with E-state index in [4.69, 9.17) is 11.6 Å². The van der Waals surface area contributed by atoms with Gasteiger partial charge in [-0.15, -0.1) is 0 Å². The number of nitrogens with one attached hydrogen (secondary N) is 1. The van der Waals surface area contributed by atoms with Crippen LogP contribution in [0.4, 0.5) is 11.4 Å². The third-order valence-electron chi connectivity index (χ3n) is 3.13. The number of carbonyl (C=O) groups is 1. The summed E-state index contributed by atoms with van der Waals surface area (Å²) in [5.41, 5.74) is 4.18. The molecule has 1 heterocycles. The highest BCUT2D eigenvalue weighted by Gasteiger charge is 2.10. The Balaban J connectivity index is 2.25. The summed E-state index contributed by atoms with van der Waals surface area (Å²) in [6.07, 6.45) is 0. The average molecular weight is 304 g/mol. The van der Waals surface area contributed by atoms with Crippen LogP contribution in [0.25, 0.3) is 0 Å². The van der Waals surface area contributed by atoms with Crippen LogP contribution in [-0.2, 0) is 0 Å². The Hall–Kier alpha value is -2.07. The maximum Gasteiger partial charge on any atom is 0.255 e. The summed E-state index contributed by atoms with van der Waals surface area (Å²) in [5.74, 6) is -0.198. The molecule has 2 aromatic rings. The Morgan fingerprint density at radius 3 is 2.52 bits per heavy atom. The Morgan fingerprint density at radius 2 is 1.90 bits per heavy atom. The second-order valence-electron chi connectivity index (χ2n) is 5.17. The van der Waals surface area contributed by atoms with Crippen molar-refractivity contribution in [3.63, 3.8) is 0 Å². The zero-order valence-electron chi connectivity index (χ0n) is 12.6. The number of nitrogens with zero attached hydrogens (tertiary/aromatic N) is 2. The van der Waals surface area contributed by atoms with Crippen LogP contribution >= 0.6 is 11.6 Å². The van der Waals surface area contributed by atoms with Gasteiger partial charge < -0.3 is 10.2 Å². The quantitative estimate of drug-likeness (QED) is 0.880. The second-order valence-corrected chi connectivity index (χ2v) is 5.56. The summed E-state index contributed by atoms with van der Waals surface area (Å²) in [5, 5.41) is 3.20. The third-order valence-corrected chi connectivity index (χ3v) is 3.33. The van der Waals surface area contributed by atoms with Crippen molar-refractivity contribution in [1.82, 2.24) is 4.98 Å². The number of anilines is 2. The molecule has 0 unspecified atom stereocenters. The van der Waals surface area contributed by atoms with E-state index in [1.807, 2.05) is 44.1 Å². The van der Waals surface area contributed by atoms with Crippen molar-refractivity contribution in [3.8, 4) is 0 Å². The van der Waals surface area contributed by atoms with Gasteiger partial charge in [-0.2, -0.15) is 0 Å². The maximum atomic E-state index is 12.3. The molecule has 1 aromatic heterocycles. The van der Waals surface area contributed by atoms with E-state index in [9.17, 15) is 4.79 Å². The molecule has 0 spiro atoms. The maximum absolute atomic E-state index is 12.3. The number of hydrogen-bond donors (Lipinski definition) is 1. The van der Waals surface area contributed by atoms with Gasteiger partial charge in [0, 0.05) is 36.7 Å². The number of hydrogen-bond acceptors (Lipinski definition) is 3. The summed E-state index contributed by atoms with van der Waals surface area (Å²) < 4.78 is 0. The largest absolute Gasteiger partial charge is 0.377 e. The predicted molar refractivity (Wildman–Crippen MR) is 87.4 cm³/mol. The Bertz CT molecular complexity index is 663. The monoisotopic (exact) mass is 303 g/mol. The number of aryl methyl sites for hydroxylation is 2. The van der Waals surface area contributed by atoms with Crippen molar-refractivity contribution in [1.29, 1.82) is 0 Å². The molecule has 0 saturated heterocycles. The Morgan fingerprint density at radius 1 is 1.19 bits per heavy atom. The van der Waals surface area contributed by atoms with E-state index in [0.29, 0.717) is 16.4 Å². The molecule has 1 aromatic carbocycles. The van der Waals surface area contributed by atoms with Gasteiger partial charge >= 0.3 is 0 Å². The molecule has 0 atom stereocenters. The highest BCUT2D eigenvalue weighted by Crippen LogP contribution is 2.23. The third kappa shape index (κ3) is 3.73. The molecule has 110 valence electrons. The van der Waals surface area contributed by atoms with Gasteiger partial charge in [-0.3, -0.25) is 4.79 Å². The van der Waals surface area contributed by atoms with E-state index in [0.717, 1.165) is 16.9 Å². The number of pyridine rings is 1. The molecule has 0 saturated carbocycles. The van der Waals surface area contributed by atoms with Crippen LogP contribution in [0.15, 0.2) is 30.3 Å². The van der Waals surface area contributed by atoms with Gasteiger partial charge in [0.05, 0.1) is 0 Å². The molecule has 2 rings (SSSR count). The normalized spacial score (nSPS) is 10.3. The number of rotatable bonds is 3. The second kappa shape index (κ2) is 6.14. The smallest absolute Gasteiger partial charge is 0.255 e. The molecule has 21 heavy (non-hydrogen) atoms. The van der Waals surface area contributed by atoms with Crippen molar-refractivity contribution in [2.75, 3.05) is 24.3 Å². The summed E-state index contributed by atoms with van der Waals surface area (Å²) in [4.78, 5) is 18.3. The van der Waals surface area contributed by atoms with Crippen LogP contribution in [0.5, 0.6) is 0 Å². The van der Waals surface area contributed by atoms with E-state index in [1.165, 1.54) is 0 Å². The minimum atomic E-state index is -0.198. The molecule has 5 heteroatoms. The number of benzene rings is 1. The van der Waals surface area contributed by atoms with Crippen molar-refractivity contribution in [3.05, 3.63) is 52.3 Å². The van der Waals surface area contributed by atoms with Crippen LogP contribution in [0, 0.1) is 13.8 Å². The van der Waals surface area contributed by atoms with E-state index >= 15 is 0 Å². The molecule has 0 radical (unpaired) electrons. The Kier molecular flexibility index (Phi) is 4.48. The molecule has 0 fully saturated rings. The fraction of sp³-hybridized carbons (Fsp3) is 0.250. The highest BCUT2D eigenvalue weighted by molar-refractivity contribution is 6.29. The fourth-order valence-electron chi connectivity index (χ4n) is 2.13. The number of aromatic nitrogens is 1. The molecule has 1 N–H and O–H groups in total. The zero-order valence-corrected chi connectivity index (χ0v) is 13.3. The topological polar surface area (TPSA) is 45.2 Å². The van der Waals surface area contributed by atoms with Gasteiger partial charge in [0.2, 0.25) is 0 Å². The van der Waals surface area contributed by atoms with Crippen molar-refractivity contribution < 1.29 is 4.79 Å². The first-order valence-electron chi connectivity index (χ1n) is 6.60. The molecule has 0 bridgehead atoms. The summed E-state index contributed by atoms with van der Waals surface area (Å²) >= 11 is 5.89. The van der Waals surface area contributed by atoms with Gasteiger partial charge in [-0.05, 0) is 43.7 Å². The van der Waals surface area contributed by atoms with Gasteiger partial charge in [0.25, 0.3) is 5.91 Å². The van der Waals surface area contributed by atoms with Gasteiger partial charge in [0.1, 0.15) is 5.15 Å². The standard InChI is InChI=1S/C16H18ClN3O/c1-10-5-6-13(9-14(10)20(3)4)19-16(21)12-7-11(2)18-15(17)8-12/h5-9H,1-4H3,(H,19,21). The lowest BCUT2D eigenvalue weighted by Gasteiger charge is -2.17. The number of amides is 1. The molecular formula is C16H18ClN3O. The van der Waals surface area contributed by atoms with Crippen molar-refractivity contribution >= 4 is 28.9 Å². The van der Waals surface area contributed by atoms with Gasteiger partial charge in [-0.1, -0.05) is 17.7 Å². The lowest BCUT2D eigenvalue weighted by molar-refractivity contribution is 0.102. The van der Waals surface area contributed by atoms with Gasteiger partial charge in [0.15, 0.2) is 0 Å². The molecule has 0 aliphatic heterocycles. The zero-order chi connectivity index (χ0) is 15.6. The van der Waals surface area contributed by atoms with Crippen LogP contribution in [0.2, 0.25) is 5.15 Å². The first-order chi connectivity index (χ1) is 9.86. The summed E-state index contributed by atoms with van der Waals surface area (Å²) in [7, 11) is 3.94. The fourth-order valence-corrected chi connectivity index (χ4v) is 2.38. The number of carbonyl (C=O) groups excluding carboxylic acids is 1. The van der Waals surface area contributed by atoms with Gasteiger partial charge in [-0.25, -0.2) is 4.98 Å². The van der Waals surface area contributed by atoms with E-state index < -0.39 is 0 Å². The van der Waals surface area contributed by atoms with Crippen LogP contribution in [-0.4, -0.2) is 25.0 Å². The van der Waals surface area contributed by atoms with Crippen molar-refractivity contribution in [2.24, 2.45) is 0 Å². The predicted octanol–water partition coefficient (Wildman–Crippen LogP) is 3.67.